The van der Waals surface area contributed by atoms with Crippen molar-refractivity contribution in [2.24, 2.45) is 0 Å². The van der Waals surface area contributed by atoms with E-state index >= 15 is 0 Å². The number of carbonyl (C=O) groups excluding carboxylic acids is 3. The lowest BCUT2D eigenvalue weighted by Gasteiger charge is -2.34. The summed E-state index contributed by atoms with van der Waals surface area (Å²) in [5.41, 5.74) is 0.977. The van der Waals surface area contributed by atoms with Gasteiger partial charge in [0.2, 0.25) is 5.91 Å². The van der Waals surface area contributed by atoms with E-state index in [-0.39, 0.29) is 24.4 Å². The first-order valence-corrected chi connectivity index (χ1v) is 10.1. The zero-order chi connectivity index (χ0) is 19.0. The Morgan fingerprint density at radius 3 is 2.70 bits per heavy atom. The summed E-state index contributed by atoms with van der Waals surface area (Å²) in [6.45, 7) is 2.41. The molecule has 1 spiro atoms. The van der Waals surface area contributed by atoms with E-state index in [1.54, 1.807) is 0 Å². The van der Waals surface area contributed by atoms with Crippen molar-refractivity contribution >= 4 is 17.8 Å². The number of likely N-dealkylation sites (N-methyl/N-ethyl adjacent to an activating group) is 1. The third-order valence-corrected chi connectivity index (χ3v) is 6.39. The molecule has 0 unspecified atom stereocenters. The van der Waals surface area contributed by atoms with Gasteiger partial charge in [-0.2, -0.15) is 0 Å². The van der Waals surface area contributed by atoms with Gasteiger partial charge in [-0.1, -0.05) is 43.5 Å². The Morgan fingerprint density at radius 2 is 1.96 bits per heavy atom. The summed E-state index contributed by atoms with van der Waals surface area (Å²) in [6.07, 6.45) is 6.83. The molecule has 0 bridgehead atoms. The van der Waals surface area contributed by atoms with Crippen LogP contribution in [0.3, 0.4) is 0 Å². The Balaban J connectivity index is 1.52. The van der Waals surface area contributed by atoms with E-state index in [4.69, 9.17) is 0 Å². The number of nitrogens with one attached hydrogen (secondary N) is 1. The Morgan fingerprint density at radius 1 is 1.22 bits per heavy atom. The highest BCUT2D eigenvalue weighted by Gasteiger charge is 2.55. The zero-order valence-electron chi connectivity index (χ0n) is 15.9. The Kier molecular flexibility index (Phi) is 4.66. The van der Waals surface area contributed by atoms with Crippen molar-refractivity contribution in [2.75, 3.05) is 13.1 Å². The lowest BCUT2D eigenvalue weighted by Crippen LogP contribution is -2.48. The number of imide groups is 1. The zero-order valence-corrected chi connectivity index (χ0v) is 15.9. The second-order valence-electron chi connectivity index (χ2n) is 7.86. The number of hydrogen-bond donors (Lipinski definition) is 1. The number of carbonyl (C=O) groups is 3. The van der Waals surface area contributed by atoms with Gasteiger partial charge in [0.25, 0.3) is 5.91 Å². The molecule has 6 heteroatoms. The van der Waals surface area contributed by atoms with E-state index in [9.17, 15) is 14.4 Å². The summed E-state index contributed by atoms with van der Waals surface area (Å²) < 4.78 is 0. The van der Waals surface area contributed by atoms with E-state index in [1.165, 1.54) is 6.42 Å². The number of fused-ring (bicyclic) bond motifs is 2. The second kappa shape index (κ2) is 6.98. The molecule has 1 aliphatic heterocycles. The molecule has 2 aliphatic carbocycles. The van der Waals surface area contributed by atoms with Crippen LogP contribution in [0.1, 0.15) is 56.6 Å². The number of rotatable bonds is 4. The first-order chi connectivity index (χ1) is 13.1. The smallest absolute Gasteiger partial charge is 0.325 e. The van der Waals surface area contributed by atoms with Crippen LogP contribution in [0.5, 0.6) is 0 Å². The van der Waals surface area contributed by atoms with Gasteiger partial charge in [-0.25, -0.2) is 4.79 Å². The van der Waals surface area contributed by atoms with E-state index in [0.717, 1.165) is 48.1 Å². The average Bonchev–Trinajstić information content (AvgIpc) is 3.17. The van der Waals surface area contributed by atoms with Crippen LogP contribution >= 0.6 is 0 Å². The summed E-state index contributed by atoms with van der Waals surface area (Å²) in [5.74, 6) is -0.415. The minimum absolute atomic E-state index is 0.128. The quantitative estimate of drug-likeness (QED) is 0.830. The number of nitrogens with zero attached hydrogens (tertiary/aromatic N) is 2. The summed E-state index contributed by atoms with van der Waals surface area (Å²) >= 11 is 0. The summed E-state index contributed by atoms with van der Waals surface area (Å²) in [5, 5.41) is 2.89. The molecule has 0 radical (unpaired) electrons. The number of aryl methyl sites for hydroxylation is 1. The van der Waals surface area contributed by atoms with Crippen molar-refractivity contribution in [3.63, 3.8) is 0 Å². The molecule has 4 amide bonds. The summed E-state index contributed by atoms with van der Waals surface area (Å²) in [4.78, 5) is 41.7. The molecule has 3 aliphatic rings. The Bertz CT molecular complexity index is 772. The van der Waals surface area contributed by atoms with Crippen LogP contribution in [0.15, 0.2) is 24.3 Å². The number of amides is 4. The molecule has 1 aromatic rings. The van der Waals surface area contributed by atoms with Gasteiger partial charge >= 0.3 is 6.03 Å². The van der Waals surface area contributed by atoms with Gasteiger partial charge < -0.3 is 10.2 Å². The van der Waals surface area contributed by atoms with Crippen molar-refractivity contribution in [2.45, 2.75) is 63.5 Å². The molecule has 4 rings (SSSR count). The van der Waals surface area contributed by atoms with E-state index in [0.29, 0.717) is 13.0 Å². The van der Waals surface area contributed by atoms with Crippen molar-refractivity contribution in [3.05, 3.63) is 35.4 Å². The number of benzene rings is 1. The van der Waals surface area contributed by atoms with Crippen LogP contribution in [-0.2, 0) is 21.5 Å². The lowest BCUT2D eigenvalue weighted by molar-refractivity contribution is -0.140. The molecule has 1 saturated carbocycles. The molecular formula is C21H27N3O3. The summed E-state index contributed by atoms with van der Waals surface area (Å²) in [6, 6.07) is 7.53. The maximum absolute atomic E-state index is 13.2. The van der Waals surface area contributed by atoms with Gasteiger partial charge in [0, 0.05) is 12.6 Å². The van der Waals surface area contributed by atoms with Crippen LogP contribution in [0.4, 0.5) is 4.79 Å². The highest BCUT2D eigenvalue weighted by atomic mass is 16.2. The topological polar surface area (TPSA) is 69.7 Å². The largest absolute Gasteiger partial charge is 0.338 e. The predicted molar refractivity (Wildman–Crippen MR) is 101 cm³/mol. The molecule has 1 saturated heterocycles. The van der Waals surface area contributed by atoms with Gasteiger partial charge in [-0.3, -0.25) is 14.5 Å². The predicted octanol–water partition coefficient (Wildman–Crippen LogP) is 2.56. The first-order valence-electron chi connectivity index (χ1n) is 10.1. The minimum Gasteiger partial charge on any atom is -0.338 e. The molecule has 27 heavy (non-hydrogen) atoms. The summed E-state index contributed by atoms with van der Waals surface area (Å²) in [7, 11) is 0. The minimum atomic E-state index is -0.990. The third-order valence-electron chi connectivity index (χ3n) is 6.39. The van der Waals surface area contributed by atoms with Crippen LogP contribution < -0.4 is 5.32 Å². The first kappa shape index (κ1) is 18.0. The van der Waals surface area contributed by atoms with Crippen LogP contribution in [0, 0.1) is 0 Å². The van der Waals surface area contributed by atoms with Gasteiger partial charge in [0.05, 0.1) is 0 Å². The van der Waals surface area contributed by atoms with Crippen LogP contribution in [0.2, 0.25) is 0 Å². The normalized spacial score (nSPS) is 25.0. The monoisotopic (exact) mass is 369 g/mol. The van der Waals surface area contributed by atoms with Crippen LogP contribution in [-0.4, -0.2) is 46.8 Å². The highest BCUT2D eigenvalue weighted by Crippen LogP contribution is 2.41. The fraction of sp³-hybridized carbons (Fsp3) is 0.571. The van der Waals surface area contributed by atoms with Gasteiger partial charge in [0.1, 0.15) is 12.1 Å². The number of urea groups is 1. The Hall–Kier alpha value is -2.37. The second-order valence-corrected chi connectivity index (χ2v) is 7.86. The Labute approximate surface area is 159 Å². The standard InChI is InChI=1S/C21H27N3O3/c1-2-23(16-9-4-3-5-10-16)18(25)14-24-19(26)21(22-20(24)27)13-12-15-8-6-7-11-17(15)21/h6-8,11,16H,2-5,9-10,12-14H2,1H3,(H,22,27)/t21-/m1/s1. The SMILES string of the molecule is CCN(C(=O)CN1C(=O)N[C@@]2(CCc3ccccc32)C1=O)C1CCCCC1. The molecule has 144 valence electrons. The van der Waals surface area contributed by atoms with Crippen molar-refractivity contribution in [1.82, 2.24) is 15.1 Å². The van der Waals surface area contributed by atoms with Crippen molar-refractivity contribution in [3.8, 4) is 0 Å². The maximum Gasteiger partial charge on any atom is 0.325 e. The maximum atomic E-state index is 13.2. The van der Waals surface area contributed by atoms with Crippen LogP contribution in [0.25, 0.3) is 0 Å². The van der Waals surface area contributed by atoms with E-state index in [1.807, 2.05) is 36.1 Å². The van der Waals surface area contributed by atoms with Crippen molar-refractivity contribution in [1.29, 1.82) is 0 Å². The lowest BCUT2D eigenvalue weighted by atomic mass is 9.92. The highest BCUT2D eigenvalue weighted by molar-refractivity contribution is 6.09. The fourth-order valence-corrected chi connectivity index (χ4v) is 4.99. The molecule has 1 atom stereocenters. The number of hydrogen-bond acceptors (Lipinski definition) is 3. The molecule has 2 fully saturated rings. The van der Waals surface area contributed by atoms with E-state index < -0.39 is 11.6 Å². The molecule has 6 nitrogen and oxygen atoms in total. The molecular weight excluding hydrogens is 342 g/mol. The fourth-order valence-electron chi connectivity index (χ4n) is 4.99. The average molecular weight is 369 g/mol. The third kappa shape index (κ3) is 2.91. The molecule has 1 aromatic carbocycles. The van der Waals surface area contributed by atoms with Crippen molar-refractivity contribution < 1.29 is 14.4 Å². The molecule has 1 heterocycles. The van der Waals surface area contributed by atoms with Gasteiger partial charge in [-0.15, -0.1) is 0 Å². The van der Waals surface area contributed by atoms with Gasteiger partial charge in [0.15, 0.2) is 0 Å². The molecule has 0 aromatic heterocycles. The van der Waals surface area contributed by atoms with E-state index in [2.05, 4.69) is 5.32 Å². The molecule has 1 N–H and O–H groups in total. The van der Waals surface area contributed by atoms with Gasteiger partial charge in [-0.05, 0) is 43.7 Å².